The topological polar surface area (TPSA) is 0 Å². The van der Waals surface area contributed by atoms with E-state index in [1.54, 1.807) is 12.1 Å². The maximum Gasteiger partial charge on any atom is 0.123 e. The van der Waals surface area contributed by atoms with Crippen LogP contribution < -0.4 is 0 Å². The minimum Gasteiger partial charge on any atom is -0.207 e. The molecular weight excluding hydrogens is 295 g/mol. The van der Waals surface area contributed by atoms with Crippen LogP contribution in [0.25, 0.3) is 0 Å². The first-order chi connectivity index (χ1) is 11.7. The van der Waals surface area contributed by atoms with Gasteiger partial charge in [-0.25, -0.2) is 4.39 Å². The highest BCUT2D eigenvalue weighted by atomic mass is 19.1. The molecule has 0 spiro atoms. The van der Waals surface area contributed by atoms with Gasteiger partial charge < -0.3 is 0 Å². The summed E-state index contributed by atoms with van der Waals surface area (Å²) in [4.78, 5) is 0. The van der Waals surface area contributed by atoms with Crippen molar-refractivity contribution < 1.29 is 4.39 Å². The SMILES string of the molecule is Cc1ccc([C@H]2c3ccccc3CC[C@H]2c2ccc(F)cc2)cc1. The molecule has 0 bridgehead atoms. The lowest BCUT2D eigenvalue weighted by Gasteiger charge is -2.34. The molecule has 1 aliphatic carbocycles. The first-order valence-corrected chi connectivity index (χ1v) is 8.62. The van der Waals surface area contributed by atoms with Crippen LogP contribution in [0.3, 0.4) is 0 Å². The van der Waals surface area contributed by atoms with Gasteiger partial charge in [0.15, 0.2) is 0 Å². The third-order valence-corrected chi connectivity index (χ3v) is 5.25. The molecule has 0 fully saturated rings. The van der Waals surface area contributed by atoms with Crippen molar-refractivity contribution in [3.8, 4) is 0 Å². The number of fused-ring (bicyclic) bond motifs is 1. The molecule has 0 saturated heterocycles. The van der Waals surface area contributed by atoms with Crippen LogP contribution in [0.4, 0.5) is 4.39 Å². The second-order valence-electron chi connectivity index (χ2n) is 6.78. The summed E-state index contributed by atoms with van der Waals surface area (Å²) in [5, 5.41) is 0. The highest BCUT2D eigenvalue weighted by Crippen LogP contribution is 2.46. The van der Waals surface area contributed by atoms with E-state index in [0.29, 0.717) is 11.8 Å². The molecule has 1 heteroatoms. The standard InChI is InChI=1S/C23H21F/c1-16-6-8-19(9-7-16)23-21-5-3-2-4-17(21)12-15-22(23)18-10-13-20(24)14-11-18/h2-11,13-14,22-23H,12,15H2,1H3/t22-,23-/m0/s1. The first kappa shape index (κ1) is 15.1. The van der Waals surface area contributed by atoms with E-state index in [4.69, 9.17) is 0 Å². The molecule has 0 N–H and O–H groups in total. The third kappa shape index (κ3) is 2.75. The van der Waals surface area contributed by atoms with Crippen LogP contribution in [-0.2, 0) is 6.42 Å². The second-order valence-corrected chi connectivity index (χ2v) is 6.78. The third-order valence-electron chi connectivity index (χ3n) is 5.25. The molecule has 3 aromatic rings. The lowest BCUT2D eigenvalue weighted by Crippen LogP contribution is -2.20. The molecule has 0 nitrogen and oxygen atoms in total. The Morgan fingerprint density at radius 1 is 0.792 bits per heavy atom. The monoisotopic (exact) mass is 316 g/mol. The van der Waals surface area contributed by atoms with Gasteiger partial charge in [-0.2, -0.15) is 0 Å². The number of rotatable bonds is 2. The van der Waals surface area contributed by atoms with E-state index < -0.39 is 0 Å². The Morgan fingerprint density at radius 3 is 2.21 bits per heavy atom. The molecule has 120 valence electrons. The maximum atomic E-state index is 13.4. The summed E-state index contributed by atoms with van der Waals surface area (Å²) in [5.41, 5.74) is 6.73. The van der Waals surface area contributed by atoms with Crippen molar-refractivity contribution in [2.45, 2.75) is 31.6 Å². The van der Waals surface area contributed by atoms with Crippen molar-refractivity contribution in [1.82, 2.24) is 0 Å². The van der Waals surface area contributed by atoms with Gasteiger partial charge in [0.2, 0.25) is 0 Å². The second kappa shape index (κ2) is 6.24. The Morgan fingerprint density at radius 2 is 1.46 bits per heavy atom. The minimum absolute atomic E-state index is 0.165. The normalized spacial score (nSPS) is 19.8. The number of hydrogen-bond acceptors (Lipinski definition) is 0. The van der Waals surface area contributed by atoms with E-state index in [9.17, 15) is 4.39 Å². The molecule has 24 heavy (non-hydrogen) atoms. The molecule has 1 aliphatic rings. The first-order valence-electron chi connectivity index (χ1n) is 8.62. The Bertz CT molecular complexity index is 831. The van der Waals surface area contributed by atoms with Crippen molar-refractivity contribution in [2.75, 3.05) is 0 Å². The number of hydrogen-bond donors (Lipinski definition) is 0. The summed E-state index contributed by atoms with van der Waals surface area (Å²) in [6.07, 6.45) is 2.18. The predicted molar refractivity (Wildman–Crippen MR) is 96.9 cm³/mol. The fourth-order valence-corrected chi connectivity index (χ4v) is 4.01. The Balaban J connectivity index is 1.83. The Labute approximate surface area is 143 Å². The number of benzene rings is 3. The van der Waals surface area contributed by atoms with E-state index in [1.807, 2.05) is 12.1 Å². The van der Waals surface area contributed by atoms with Crippen molar-refractivity contribution in [3.63, 3.8) is 0 Å². The zero-order valence-corrected chi connectivity index (χ0v) is 13.9. The van der Waals surface area contributed by atoms with Crippen LogP contribution in [0, 0.1) is 12.7 Å². The molecule has 0 unspecified atom stereocenters. The molecule has 3 aromatic carbocycles. The fraction of sp³-hybridized carbons (Fsp3) is 0.217. The molecule has 0 aliphatic heterocycles. The van der Waals surface area contributed by atoms with Crippen LogP contribution in [0.15, 0.2) is 72.8 Å². The average molecular weight is 316 g/mol. The molecule has 0 amide bonds. The quantitative estimate of drug-likeness (QED) is 0.544. The van der Waals surface area contributed by atoms with E-state index in [-0.39, 0.29) is 5.82 Å². The highest BCUT2D eigenvalue weighted by Gasteiger charge is 2.31. The Kier molecular flexibility index (Phi) is 3.93. The summed E-state index contributed by atoms with van der Waals surface area (Å²) in [6, 6.07) is 24.7. The van der Waals surface area contributed by atoms with Crippen LogP contribution in [0.1, 0.15) is 46.1 Å². The van der Waals surface area contributed by atoms with Crippen LogP contribution in [0.5, 0.6) is 0 Å². The molecule has 2 atom stereocenters. The van der Waals surface area contributed by atoms with Crippen LogP contribution in [0.2, 0.25) is 0 Å². The summed E-state index contributed by atoms with van der Waals surface area (Å²) >= 11 is 0. The van der Waals surface area contributed by atoms with Gasteiger partial charge in [0.25, 0.3) is 0 Å². The minimum atomic E-state index is -0.165. The largest absolute Gasteiger partial charge is 0.207 e. The summed E-state index contributed by atoms with van der Waals surface area (Å²) < 4.78 is 13.4. The lowest BCUT2D eigenvalue weighted by molar-refractivity contribution is 0.522. The smallest absolute Gasteiger partial charge is 0.123 e. The molecule has 0 heterocycles. The summed E-state index contributed by atoms with van der Waals surface area (Å²) in [5.74, 6) is 0.561. The van der Waals surface area contributed by atoms with Crippen molar-refractivity contribution >= 4 is 0 Å². The molecular formula is C23H21F. The van der Waals surface area contributed by atoms with Gasteiger partial charge in [-0.1, -0.05) is 66.2 Å². The zero-order valence-electron chi connectivity index (χ0n) is 13.9. The highest BCUT2D eigenvalue weighted by molar-refractivity contribution is 5.45. The van der Waals surface area contributed by atoms with Gasteiger partial charge in [-0.05, 0) is 60.1 Å². The zero-order chi connectivity index (χ0) is 16.5. The van der Waals surface area contributed by atoms with Gasteiger partial charge in [0.1, 0.15) is 5.82 Å². The summed E-state index contributed by atoms with van der Waals surface area (Å²) in [6.45, 7) is 2.12. The van der Waals surface area contributed by atoms with Gasteiger partial charge in [0, 0.05) is 5.92 Å². The van der Waals surface area contributed by atoms with Gasteiger partial charge >= 0.3 is 0 Å². The van der Waals surface area contributed by atoms with E-state index >= 15 is 0 Å². The van der Waals surface area contributed by atoms with E-state index in [2.05, 4.69) is 55.5 Å². The van der Waals surface area contributed by atoms with Crippen LogP contribution in [-0.4, -0.2) is 0 Å². The van der Waals surface area contributed by atoms with Gasteiger partial charge in [-0.3, -0.25) is 0 Å². The average Bonchev–Trinajstić information content (AvgIpc) is 2.62. The van der Waals surface area contributed by atoms with E-state index in [1.165, 1.54) is 27.8 Å². The molecule has 0 radical (unpaired) electrons. The van der Waals surface area contributed by atoms with Gasteiger partial charge in [-0.15, -0.1) is 0 Å². The molecule has 4 rings (SSSR count). The van der Waals surface area contributed by atoms with Crippen molar-refractivity contribution in [2.24, 2.45) is 0 Å². The predicted octanol–water partition coefficient (Wildman–Crippen LogP) is 6.00. The Hall–Kier alpha value is -2.41. The van der Waals surface area contributed by atoms with Crippen LogP contribution >= 0.6 is 0 Å². The fourth-order valence-electron chi connectivity index (χ4n) is 4.01. The number of halogens is 1. The number of aryl methyl sites for hydroxylation is 2. The van der Waals surface area contributed by atoms with E-state index in [0.717, 1.165) is 12.8 Å². The van der Waals surface area contributed by atoms with Crippen molar-refractivity contribution in [1.29, 1.82) is 0 Å². The van der Waals surface area contributed by atoms with Crippen molar-refractivity contribution in [3.05, 3.63) is 106 Å². The molecule has 0 saturated carbocycles. The van der Waals surface area contributed by atoms with Gasteiger partial charge in [0.05, 0.1) is 0 Å². The molecule has 0 aromatic heterocycles. The maximum absolute atomic E-state index is 13.4. The lowest BCUT2D eigenvalue weighted by atomic mass is 9.69. The summed E-state index contributed by atoms with van der Waals surface area (Å²) in [7, 11) is 0.